The number of nitrogens with two attached hydrogens (primary N) is 1. The molecule has 0 heterocycles. The summed E-state index contributed by atoms with van der Waals surface area (Å²) in [4.78, 5) is 0. The number of hydrogen-bond donors (Lipinski definition) is 1. The van der Waals surface area contributed by atoms with Crippen molar-refractivity contribution in [1.82, 2.24) is 0 Å². The minimum absolute atomic E-state index is 0.150. The van der Waals surface area contributed by atoms with E-state index in [9.17, 15) is 4.39 Å². The molecule has 1 nitrogen and oxygen atoms in total. The first kappa shape index (κ1) is 15.7. The summed E-state index contributed by atoms with van der Waals surface area (Å²) >= 11 is 0. The molecule has 2 rings (SSSR count). The standard InChI is InChI=1S/C19H24FN/c1-5-19(3,4)15-9-7-14(8-10-15)18(21)16-12-13(2)6-11-17(16)20/h6-12,18H,5,21H2,1-4H3. The van der Waals surface area contributed by atoms with Gasteiger partial charge in [0.2, 0.25) is 0 Å². The van der Waals surface area contributed by atoms with Crippen molar-refractivity contribution in [3.8, 4) is 0 Å². The summed E-state index contributed by atoms with van der Waals surface area (Å²) < 4.78 is 13.9. The van der Waals surface area contributed by atoms with Gasteiger partial charge in [-0.3, -0.25) is 0 Å². The summed E-state index contributed by atoms with van der Waals surface area (Å²) in [5.41, 5.74) is 10.2. The fraction of sp³-hybridized carbons (Fsp3) is 0.368. The SMILES string of the molecule is CCC(C)(C)c1ccc(C(N)c2cc(C)ccc2F)cc1. The summed E-state index contributed by atoms with van der Waals surface area (Å²) in [7, 11) is 0. The molecule has 2 N–H and O–H groups in total. The third kappa shape index (κ3) is 3.33. The fourth-order valence-corrected chi connectivity index (χ4v) is 2.43. The van der Waals surface area contributed by atoms with Gasteiger partial charge in [-0.15, -0.1) is 0 Å². The van der Waals surface area contributed by atoms with E-state index in [1.54, 1.807) is 6.07 Å². The Morgan fingerprint density at radius 3 is 2.29 bits per heavy atom. The highest BCUT2D eigenvalue weighted by Gasteiger charge is 2.19. The maximum absolute atomic E-state index is 13.9. The third-order valence-corrected chi connectivity index (χ3v) is 4.42. The van der Waals surface area contributed by atoms with E-state index in [4.69, 9.17) is 5.73 Å². The van der Waals surface area contributed by atoms with Crippen LogP contribution in [-0.2, 0) is 5.41 Å². The number of rotatable bonds is 4. The molecule has 2 heteroatoms. The molecule has 21 heavy (non-hydrogen) atoms. The van der Waals surface area contributed by atoms with Crippen LogP contribution in [0.3, 0.4) is 0 Å². The van der Waals surface area contributed by atoms with E-state index in [0.717, 1.165) is 17.5 Å². The second kappa shape index (κ2) is 5.98. The Morgan fingerprint density at radius 1 is 1.10 bits per heavy atom. The van der Waals surface area contributed by atoms with Gasteiger partial charge in [-0.05, 0) is 36.0 Å². The van der Waals surface area contributed by atoms with Crippen LogP contribution < -0.4 is 5.73 Å². The highest BCUT2D eigenvalue weighted by Crippen LogP contribution is 2.29. The van der Waals surface area contributed by atoms with Crippen LogP contribution in [0.1, 0.15) is 55.5 Å². The molecule has 0 fully saturated rings. The third-order valence-electron chi connectivity index (χ3n) is 4.42. The van der Waals surface area contributed by atoms with Crippen molar-refractivity contribution in [2.24, 2.45) is 5.73 Å². The molecular weight excluding hydrogens is 261 g/mol. The minimum Gasteiger partial charge on any atom is -0.320 e. The predicted octanol–water partition coefficient (Wildman–Crippen LogP) is 4.87. The van der Waals surface area contributed by atoms with Crippen LogP contribution in [0.4, 0.5) is 4.39 Å². The molecule has 2 aromatic rings. The molecule has 2 aromatic carbocycles. The molecule has 112 valence electrons. The van der Waals surface area contributed by atoms with E-state index in [1.807, 2.05) is 25.1 Å². The first-order valence-corrected chi connectivity index (χ1v) is 7.47. The number of aryl methyl sites for hydroxylation is 1. The van der Waals surface area contributed by atoms with Crippen molar-refractivity contribution in [3.63, 3.8) is 0 Å². The summed E-state index contributed by atoms with van der Waals surface area (Å²) in [5, 5.41) is 0. The van der Waals surface area contributed by atoms with Gasteiger partial charge in [0.05, 0.1) is 6.04 Å². The Kier molecular flexibility index (Phi) is 4.48. The maximum atomic E-state index is 13.9. The van der Waals surface area contributed by atoms with E-state index in [0.29, 0.717) is 5.56 Å². The molecule has 0 aliphatic rings. The largest absolute Gasteiger partial charge is 0.320 e. The topological polar surface area (TPSA) is 26.0 Å². The first-order valence-electron chi connectivity index (χ1n) is 7.47. The molecule has 1 unspecified atom stereocenters. The second-order valence-electron chi connectivity index (χ2n) is 6.36. The minimum atomic E-state index is -0.427. The average molecular weight is 285 g/mol. The van der Waals surface area contributed by atoms with Gasteiger partial charge < -0.3 is 5.73 Å². The van der Waals surface area contributed by atoms with Crippen molar-refractivity contribution in [3.05, 3.63) is 70.5 Å². The Hall–Kier alpha value is -1.67. The van der Waals surface area contributed by atoms with Crippen LogP contribution in [0.25, 0.3) is 0 Å². The van der Waals surface area contributed by atoms with Gasteiger partial charge in [-0.2, -0.15) is 0 Å². The lowest BCUT2D eigenvalue weighted by Crippen LogP contribution is -2.17. The van der Waals surface area contributed by atoms with Crippen molar-refractivity contribution in [2.45, 2.75) is 45.6 Å². The molecule has 0 spiro atoms. The van der Waals surface area contributed by atoms with Gasteiger partial charge in [0.25, 0.3) is 0 Å². The van der Waals surface area contributed by atoms with Crippen molar-refractivity contribution in [2.75, 3.05) is 0 Å². The van der Waals surface area contributed by atoms with Gasteiger partial charge in [-0.1, -0.05) is 62.7 Å². The molecule has 0 aromatic heterocycles. The second-order valence-corrected chi connectivity index (χ2v) is 6.36. The zero-order chi connectivity index (χ0) is 15.6. The molecule has 0 bridgehead atoms. The van der Waals surface area contributed by atoms with Crippen LogP contribution in [0.15, 0.2) is 42.5 Å². The molecule has 0 aliphatic carbocycles. The summed E-state index contributed by atoms with van der Waals surface area (Å²) in [6.07, 6.45) is 1.07. The van der Waals surface area contributed by atoms with Crippen LogP contribution in [0, 0.1) is 12.7 Å². The Morgan fingerprint density at radius 2 is 1.71 bits per heavy atom. The van der Waals surface area contributed by atoms with E-state index < -0.39 is 6.04 Å². The van der Waals surface area contributed by atoms with E-state index in [1.165, 1.54) is 11.6 Å². The van der Waals surface area contributed by atoms with Crippen LogP contribution in [-0.4, -0.2) is 0 Å². The van der Waals surface area contributed by atoms with Gasteiger partial charge in [-0.25, -0.2) is 4.39 Å². The summed E-state index contributed by atoms with van der Waals surface area (Å²) in [6.45, 7) is 8.58. The van der Waals surface area contributed by atoms with E-state index in [2.05, 4.69) is 32.9 Å². The first-order chi connectivity index (χ1) is 9.85. The van der Waals surface area contributed by atoms with Crippen LogP contribution in [0.2, 0.25) is 0 Å². The fourth-order valence-electron chi connectivity index (χ4n) is 2.43. The smallest absolute Gasteiger partial charge is 0.128 e. The van der Waals surface area contributed by atoms with E-state index in [-0.39, 0.29) is 11.2 Å². The zero-order valence-corrected chi connectivity index (χ0v) is 13.3. The lowest BCUT2D eigenvalue weighted by Gasteiger charge is -2.24. The highest BCUT2D eigenvalue weighted by atomic mass is 19.1. The Bertz CT molecular complexity index is 614. The quantitative estimate of drug-likeness (QED) is 0.852. The molecule has 0 saturated heterocycles. The lowest BCUT2D eigenvalue weighted by atomic mass is 9.81. The van der Waals surface area contributed by atoms with Gasteiger partial charge in [0, 0.05) is 5.56 Å². The normalized spacial score (nSPS) is 13.2. The van der Waals surface area contributed by atoms with Gasteiger partial charge in [0.15, 0.2) is 0 Å². The van der Waals surface area contributed by atoms with Gasteiger partial charge >= 0.3 is 0 Å². The molecule has 0 aliphatic heterocycles. The average Bonchev–Trinajstić information content (AvgIpc) is 2.49. The number of benzene rings is 2. The Labute approximate surface area is 127 Å². The lowest BCUT2D eigenvalue weighted by molar-refractivity contribution is 0.506. The van der Waals surface area contributed by atoms with Crippen LogP contribution in [0.5, 0.6) is 0 Å². The number of hydrogen-bond acceptors (Lipinski definition) is 1. The van der Waals surface area contributed by atoms with E-state index >= 15 is 0 Å². The summed E-state index contributed by atoms with van der Waals surface area (Å²) in [6, 6.07) is 12.9. The van der Waals surface area contributed by atoms with Crippen molar-refractivity contribution >= 4 is 0 Å². The Balaban J connectivity index is 2.32. The molecule has 0 saturated carbocycles. The van der Waals surface area contributed by atoms with Crippen LogP contribution >= 0.6 is 0 Å². The molecule has 0 amide bonds. The molecular formula is C19H24FN. The van der Waals surface area contributed by atoms with Crippen molar-refractivity contribution < 1.29 is 4.39 Å². The highest BCUT2D eigenvalue weighted by molar-refractivity contribution is 5.37. The van der Waals surface area contributed by atoms with Gasteiger partial charge in [0.1, 0.15) is 5.82 Å². The predicted molar refractivity (Wildman–Crippen MR) is 86.9 cm³/mol. The van der Waals surface area contributed by atoms with Crippen molar-refractivity contribution in [1.29, 1.82) is 0 Å². The summed E-state index contributed by atoms with van der Waals surface area (Å²) in [5.74, 6) is -0.244. The zero-order valence-electron chi connectivity index (χ0n) is 13.3. The maximum Gasteiger partial charge on any atom is 0.128 e. The molecule has 0 radical (unpaired) electrons. The monoisotopic (exact) mass is 285 g/mol. The number of halogens is 1. The molecule has 1 atom stereocenters.